The lowest BCUT2D eigenvalue weighted by Crippen LogP contribution is -2.20. The molecule has 0 radical (unpaired) electrons. The van der Waals surface area contributed by atoms with E-state index in [1.165, 1.54) is 10.2 Å². The number of carbonyl (C=O) groups is 1. The number of allylic oxidation sites excluding steroid dienone is 1. The molecular weight excluding hydrogens is 254 g/mol. The molecule has 1 heterocycles. The fourth-order valence-corrected chi connectivity index (χ4v) is 2.33. The monoisotopic (exact) mass is 269 g/mol. The lowest BCUT2D eigenvalue weighted by molar-refractivity contribution is 0.0356. The van der Waals surface area contributed by atoms with Gasteiger partial charge in [0.15, 0.2) is 0 Å². The van der Waals surface area contributed by atoms with Gasteiger partial charge in [-0.3, -0.25) is 4.68 Å². The maximum atomic E-state index is 12.0. The van der Waals surface area contributed by atoms with Gasteiger partial charge in [-0.2, -0.15) is 5.10 Å². The average molecular weight is 269 g/mol. The van der Waals surface area contributed by atoms with Gasteiger partial charge in [0, 0.05) is 12.6 Å². The number of aromatic nitrogens is 2. The fraction of sp³-hybridized carbons (Fsp3) is 0.200. The van der Waals surface area contributed by atoms with Crippen LogP contribution in [0.4, 0.5) is 0 Å². The van der Waals surface area contributed by atoms with Crippen molar-refractivity contribution in [1.82, 2.24) is 15.3 Å². The molecule has 0 spiro atoms. The number of hydroxylamine groups is 1. The van der Waals surface area contributed by atoms with E-state index in [1.54, 1.807) is 13.1 Å². The Kier molecular flexibility index (Phi) is 3.02. The van der Waals surface area contributed by atoms with Crippen LogP contribution in [0.3, 0.4) is 0 Å². The van der Waals surface area contributed by atoms with Crippen LogP contribution in [0, 0.1) is 6.92 Å². The van der Waals surface area contributed by atoms with Crippen molar-refractivity contribution in [2.75, 3.05) is 0 Å². The van der Waals surface area contributed by atoms with Gasteiger partial charge in [-0.25, -0.2) is 10.3 Å². The Balaban J connectivity index is 1.69. The van der Waals surface area contributed by atoms with Gasteiger partial charge in [-0.05, 0) is 25.0 Å². The quantitative estimate of drug-likeness (QED) is 0.866. The van der Waals surface area contributed by atoms with E-state index in [4.69, 9.17) is 4.84 Å². The highest BCUT2D eigenvalue weighted by molar-refractivity contribution is 5.88. The van der Waals surface area contributed by atoms with Crippen molar-refractivity contribution >= 4 is 11.7 Å². The Morgan fingerprint density at radius 3 is 2.95 bits per heavy atom. The Hall–Kier alpha value is -2.56. The lowest BCUT2D eigenvalue weighted by Gasteiger charge is -2.09. The molecule has 1 aromatic heterocycles. The minimum atomic E-state index is -0.446. The Bertz CT molecular complexity index is 701. The number of hydrogen-bond acceptors (Lipinski definition) is 4. The Labute approximate surface area is 116 Å². The first kappa shape index (κ1) is 12.5. The molecule has 2 aromatic rings. The molecule has 1 aliphatic carbocycles. The summed E-state index contributed by atoms with van der Waals surface area (Å²) in [7, 11) is 1.72. The van der Waals surface area contributed by atoms with Crippen LogP contribution in [-0.2, 0) is 18.3 Å². The van der Waals surface area contributed by atoms with Gasteiger partial charge >= 0.3 is 5.97 Å². The third-order valence-corrected chi connectivity index (χ3v) is 3.30. The molecular formula is C15H15N3O2. The van der Waals surface area contributed by atoms with Crippen LogP contribution in [-0.4, -0.2) is 15.7 Å². The number of nitrogens with one attached hydrogen (secondary N) is 1. The first-order valence-electron chi connectivity index (χ1n) is 6.41. The van der Waals surface area contributed by atoms with Crippen molar-refractivity contribution < 1.29 is 9.63 Å². The second kappa shape index (κ2) is 4.85. The van der Waals surface area contributed by atoms with Gasteiger partial charge in [-0.1, -0.05) is 30.3 Å². The van der Waals surface area contributed by atoms with Crippen molar-refractivity contribution in [2.45, 2.75) is 13.3 Å². The number of rotatable bonds is 3. The molecule has 0 aliphatic heterocycles. The first-order chi connectivity index (χ1) is 9.65. The first-order valence-corrected chi connectivity index (χ1v) is 6.41. The topological polar surface area (TPSA) is 56.1 Å². The zero-order valence-electron chi connectivity index (χ0n) is 11.4. The summed E-state index contributed by atoms with van der Waals surface area (Å²) in [5.41, 5.74) is 7.07. The molecule has 102 valence electrons. The molecule has 5 nitrogen and oxygen atoms in total. The molecule has 0 saturated heterocycles. The van der Waals surface area contributed by atoms with Crippen LogP contribution in [0.5, 0.6) is 0 Å². The van der Waals surface area contributed by atoms with Crippen LogP contribution < -0.4 is 5.48 Å². The highest BCUT2D eigenvalue weighted by Crippen LogP contribution is 2.24. The van der Waals surface area contributed by atoms with E-state index in [9.17, 15) is 4.79 Å². The summed E-state index contributed by atoms with van der Waals surface area (Å²) in [5.74, 6) is -0.446. The number of nitrogens with zero attached hydrogens (tertiary/aromatic N) is 2. The maximum absolute atomic E-state index is 12.0. The predicted molar refractivity (Wildman–Crippen MR) is 74.6 cm³/mol. The number of benzene rings is 1. The van der Waals surface area contributed by atoms with Gasteiger partial charge in [0.1, 0.15) is 5.69 Å². The molecule has 5 heteroatoms. The SMILES string of the molecule is Cc1cc(C(=O)ONC2=CCc3ccccc32)n(C)n1. The summed E-state index contributed by atoms with van der Waals surface area (Å²) in [6, 6.07) is 9.73. The van der Waals surface area contributed by atoms with Gasteiger partial charge in [0.25, 0.3) is 0 Å². The molecule has 0 bridgehead atoms. The zero-order chi connectivity index (χ0) is 14.1. The van der Waals surface area contributed by atoms with Crippen LogP contribution in [0.25, 0.3) is 5.70 Å². The lowest BCUT2D eigenvalue weighted by atomic mass is 10.1. The van der Waals surface area contributed by atoms with Gasteiger partial charge in [0.05, 0.1) is 11.4 Å². The molecule has 0 unspecified atom stereocenters. The summed E-state index contributed by atoms with van der Waals surface area (Å²) in [4.78, 5) is 17.1. The van der Waals surface area contributed by atoms with E-state index >= 15 is 0 Å². The van der Waals surface area contributed by atoms with Crippen LogP contribution in [0.1, 0.15) is 27.3 Å². The van der Waals surface area contributed by atoms with Crippen molar-refractivity contribution in [2.24, 2.45) is 7.05 Å². The van der Waals surface area contributed by atoms with Gasteiger partial charge in [-0.15, -0.1) is 0 Å². The minimum Gasteiger partial charge on any atom is -0.336 e. The highest BCUT2D eigenvalue weighted by atomic mass is 16.7. The average Bonchev–Trinajstić information content (AvgIpc) is 2.99. The van der Waals surface area contributed by atoms with Gasteiger partial charge < -0.3 is 4.84 Å². The highest BCUT2D eigenvalue weighted by Gasteiger charge is 2.17. The smallest absolute Gasteiger partial charge is 0.336 e. The number of fused-ring (bicyclic) bond motifs is 1. The maximum Gasteiger partial charge on any atom is 0.380 e. The summed E-state index contributed by atoms with van der Waals surface area (Å²) < 4.78 is 1.51. The molecule has 1 N–H and O–H groups in total. The predicted octanol–water partition coefficient (Wildman–Crippen LogP) is 1.99. The molecule has 0 amide bonds. The normalized spacial score (nSPS) is 12.8. The minimum absolute atomic E-state index is 0.418. The molecule has 1 aromatic carbocycles. The largest absolute Gasteiger partial charge is 0.380 e. The van der Waals surface area contributed by atoms with Crippen LogP contribution in [0.2, 0.25) is 0 Å². The number of carbonyl (C=O) groups excluding carboxylic acids is 1. The van der Waals surface area contributed by atoms with Crippen LogP contribution in [0.15, 0.2) is 36.4 Å². The molecule has 20 heavy (non-hydrogen) atoms. The molecule has 0 saturated carbocycles. The van der Waals surface area contributed by atoms with E-state index in [0.29, 0.717) is 5.69 Å². The molecule has 0 atom stereocenters. The fourth-order valence-electron chi connectivity index (χ4n) is 2.33. The third kappa shape index (κ3) is 2.18. The van der Waals surface area contributed by atoms with Crippen molar-refractivity contribution in [1.29, 1.82) is 0 Å². The number of aryl methyl sites for hydroxylation is 2. The second-order valence-electron chi connectivity index (χ2n) is 4.77. The van der Waals surface area contributed by atoms with E-state index in [2.05, 4.69) is 16.6 Å². The molecule has 3 rings (SSSR count). The van der Waals surface area contributed by atoms with Crippen molar-refractivity contribution in [3.8, 4) is 0 Å². The summed E-state index contributed by atoms with van der Waals surface area (Å²) in [6.07, 6.45) is 2.85. The second-order valence-corrected chi connectivity index (χ2v) is 4.77. The molecule has 1 aliphatic rings. The van der Waals surface area contributed by atoms with Crippen molar-refractivity contribution in [3.05, 3.63) is 58.9 Å². The Morgan fingerprint density at radius 1 is 1.40 bits per heavy atom. The standard InChI is InChI=1S/C15H15N3O2/c1-10-9-14(18(2)16-10)15(19)20-17-13-8-7-11-5-3-4-6-12(11)13/h3-6,8-9,17H,7H2,1-2H3. The van der Waals surface area contributed by atoms with E-state index in [1.807, 2.05) is 31.2 Å². The summed E-state index contributed by atoms with van der Waals surface area (Å²) in [5, 5.41) is 4.12. The summed E-state index contributed by atoms with van der Waals surface area (Å²) >= 11 is 0. The van der Waals surface area contributed by atoms with Gasteiger partial charge in [0.2, 0.25) is 0 Å². The third-order valence-electron chi connectivity index (χ3n) is 3.30. The Morgan fingerprint density at radius 2 is 2.20 bits per heavy atom. The van der Waals surface area contributed by atoms with Crippen molar-refractivity contribution in [3.63, 3.8) is 0 Å². The van der Waals surface area contributed by atoms with Crippen LogP contribution >= 0.6 is 0 Å². The van der Waals surface area contributed by atoms with E-state index in [-0.39, 0.29) is 0 Å². The summed E-state index contributed by atoms with van der Waals surface area (Å²) in [6.45, 7) is 1.83. The zero-order valence-corrected chi connectivity index (χ0v) is 11.4. The molecule has 0 fully saturated rings. The number of hydrogen-bond donors (Lipinski definition) is 1. The van der Waals surface area contributed by atoms with E-state index < -0.39 is 5.97 Å². The van der Waals surface area contributed by atoms with E-state index in [0.717, 1.165) is 23.4 Å².